The van der Waals surface area contributed by atoms with E-state index in [-0.39, 0.29) is 11.5 Å². The maximum absolute atomic E-state index is 8.94. The largest absolute Gasteiger partial charge is 0.493 e. The van der Waals surface area contributed by atoms with E-state index < -0.39 is 0 Å². The molecule has 0 bridgehead atoms. The van der Waals surface area contributed by atoms with E-state index in [0.29, 0.717) is 11.6 Å². The molecule has 0 heterocycles. The van der Waals surface area contributed by atoms with Gasteiger partial charge in [-0.2, -0.15) is 5.26 Å². The fraction of sp³-hybridized carbons (Fsp3) is 0.562. The van der Waals surface area contributed by atoms with Gasteiger partial charge in [-0.1, -0.05) is 11.6 Å². The number of halogens is 1. The highest BCUT2D eigenvalue weighted by molar-refractivity contribution is 6.30. The molecule has 0 spiro atoms. The van der Waals surface area contributed by atoms with Crippen molar-refractivity contribution in [1.82, 2.24) is 0 Å². The van der Waals surface area contributed by atoms with Crippen LogP contribution in [0.4, 0.5) is 0 Å². The third-order valence-corrected chi connectivity index (χ3v) is 3.45. The maximum atomic E-state index is 8.94. The van der Waals surface area contributed by atoms with Crippen molar-refractivity contribution in [1.29, 1.82) is 5.26 Å². The number of unbranched alkanes of at least 4 members (excludes halogenated alkanes) is 1. The number of nitriles is 1. The predicted molar refractivity (Wildman–Crippen MR) is 82.8 cm³/mol. The summed E-state index contributed by atoms with van der Waals surface area (Å²) in [6, 6.07) is 7.71. The van der Waals surface area contributed by atoms with Gasteiger partial charge in [0, 0.05) is 16.6 Å². The number of nitrogens with two attached hydrogens (primary N) is 1. The highest BCUT2D eigenvalue weighted by Crippen LogP contribution is 2.28. The molecule has 1 rings (SSSR count). The Morgan fingerprint density at radius 2 is 2.10 bits per heavy atom. The summed E-state index contributed by atoms with van der Waals surface area (Å²) in [4.78, 5) is 0. The fourth-order valence-corrected chi connectivity index (χ4v) is 2.09. The van der Waals surface area contributed by atoms with Crippen LogP contribution in [0.15, 0.2) is 18.2 Å². The summed E-state index contributed by atoms with van der Waals surface area (Å²) < 4.78 is 5.78. The molecular weight excluding hydrogens is 272 g/mol. The average Bonchev–Trinajstić information content (AvgIpc) is 2.39. The minimum Gasteiger partial charge on any atom is -0.493 e. The Labute approximate surface area is 126 Å². The predicted octanol–water partition coefficient (Wildman–Crippen LogP) is 4.46. The quantitative estimate of drug-likeness (QED) is 0.755. The Hall–Kier alpha value is -1.24. The minimum absolute atomic E-state index is 0.110. The zero-order chi connectivity index (χ0) is 15.2. The standard InChI is InChI=1S/C16H23ClN2O/c1-12(19)14-10-13(17)6-7-15(14)20-9-5-4-8-16(2,3)11-18/h6-7,10,12H,4-5,8-9,19H2,1-3H3. The number of ether oxygens (including phenoxy) is 1. The third-order valence-electron chi connectivity index (χ3n) is 3.22. The molecule has 0 aromatic heterocycles. The molecule has 1 atom stereocenters. The van der Waals surface area contributed by atoms with Gasteiger partial charge in [-0.05, 0) is 58.2 Å². The van der Waals surface area contributed by atoms with E-state index >= 15 is 0 Å². The lowest BCUT2D eigenvalue weighted by Gasteiger charge is -2.16. The lowest BCUT2D eigenvalue weighted by molar-refractivity contribution is 0.291. The van der Waals surface area contributed by atoms with Crippen LogP contribution in [0.5, 0.6) is 5.75 Å². The molecule has 2 N–H and O–H groups in total. The minimum atomic E-state index is -0.253. The van der Waals surface area contributed by atoms with Crippen molar-refractivity contribution >= 4 is 11.6 Å². The molecular formula is C16H23ClN2O. The highest BCUT2D eigenvalue weighted by atomic mass is 35.5. The Morgan fingerprint density at radius 3 is 2.70 bits per heavy atom. The molecule has 1 aromatic rings. The molecule has 0 radical (unpaired) electrons. The highest BCUT2D eigenvalue weighted by Gasteiger charge is 2.15. The van der Waals surface area contributed by atoms with Crippen LogP contribution in [0.3, 0.4) is 0 Å². The van der Waals surface area contributed by atoms with Gasteiger partial charge in [0.05, 0.1) is 18.1 Å². The first kappa shape index (κ1) is 16.8. The molecule has 0 saturated carbocycles. The third kappa shape index (κ3) is 5.40. The average molecular weight is 295 g/mol. The van der Waals surface area contributed by atoms with E-state index in [2.05, 4.69) is 6.07 Å². The second kappa shape index (κ2) is 7.52. The zero-order valence-electron chi connectivity index (χ0n) is 12.4. The Balaban J connectivity index is 2.45. The Kier molecular flexibility index (Phi) is 6.32. The summed E-state index contributed by atoms with van der Waals surface area (Å²) in [6.07, 6.45) is 2.78. The van der Waals surface area contributed by atoms with E-state index in [0.717, 1.165) is 30.6 Å². The molecule has 3 nitrogen and oxygen atoms in total. The maximum Gasteiger partial charge on any atom is 0.124 e. The van der Waals surface area contributed by atoms with Crippen LogP contribution in [0.2, 0.25) is 5.02 Å². The van der Waals surface area contributed by atoms with Crippen molar-refractivity contribution in [3.8, 4) is 11.8 Å². The first-order chi connectivity index (χ1) is 9.35. The van der Waals surface area contributed by atoms with E-state index in [1.54, 1.807) is 0 Å². The van der Waals surface area contributed by atoms with Gasteiger partial charge in [0.25, 0.3) is 0 Å². The number of nitrogens with zero attached hydrogens (tertiary/aromatic N) is 1. The van der Waals surface area contributed by atoms with Gasteiger partial charge >= 0.3 is 0 Å². The molecule has 1 aromatic carbocycles. The van der Waals surface area contributed by atoms with Crippen molar-refractivity contribution in [2.75, 3.05) is 6.61 Å². The molecule has 4 heteroatoms. The number of hydrogen-bond donors (Lipinski definition) is 1. The van der Waals surface area contributed by atoms with Crippen molar-refractivity contribution in [2.24, 2.45) is 11.1 Å². The summed E-state index contributed by atoms with van der Waals surface area (Å²) in [5, 5.41) is 9.61. The number of rotatable bonds is 7. The van der Waals surface area contributed by atoms with Crippen LogP contribution in [-0.4, -0.2) is 6.61 Å². The smallest absolute Gasteiger partial charge is 0.124 e. The first-order valence-corrected chi connectivity index (χ1v) is 7.32. The molecule has 0 fully saturated rings. The van der Waals surface area contributed by atoms with Crippen LogP contribution in [0.1, 0.15) is 51.6 Å². The molecule has 1 unspecified atom stereocenters. The van der Waals surface area contributed by atoms with Gasteiger partial charge in [0.2, 0.25) is 0 Å². The lowest BCUT2D eigenvalue weighted by atomic mass is 9.89. The molecule has 0 saturated heterocycles. The summed E-state index contributed by atoms with van der Waals surface area (Å²) >= 11 is 5.97. The number of hydrogen-bond acceptors (Lipinski definition) is 3. The van der Waals surface area contributed by atoms with Crippen LogP contribution < -0.4 is 10.5 Å². The lowest BCUT2D eigenvalue weighted by Crippen LogP contribution is -2.10. The number of benzene rings is 1. The van der Waals surface area contributed by atoms with Crippen molar-refractivity contribution in [3.63, 3.8) is 0 Å². The summed E-state index contributed by atoms with van der Waals surface area (Å²) in [5.74, 6) is 0.795. The normalized spacial score (nSPS) is 12.8. The second-order valence-corrected chi connectivity index (χ2v) is 6.21. The first-order valence-electron chi connectivity index (χ1n) is 6.95. The van der Waals surface area contributed by atoms with Crippen molar-refractivity contribution in [3.05, 3.63) is 28.8 Å². The molecule has 0 amide bonds. The van der Waals surface area contributed by atoms with Crippen LogP contribution in [-0.2, 0) is 0 Å². The molecule has 20 heavy (non-hydrogen) atoms. The SMILES string of the molecule is CC(N)c1cc(Cl)ccc1OCCCCC(C)(C)C#N. The Morgan fingerprint density at radius 1 is 1.40 bits per heavy atom. The summed E-state index contributed by atoms with van der Waals surface area (Å²) in [5.41, 5.74) is 6.59. The summed E-state index contributed by atoms with van der Waals surface area (Å²) in [6.45, 7) is 6.46. The van der Waals surface area contributed by atoms with Gasteiger partial charge in [-0.3, -0.25) is 0 Å². The topological polar surface area (TPSA) is 59.0 Å². The van der Waals surface area contributed by atoms with Gasteiger partial charge < -0.3 is 10.5 Å². The van der Waals surface area contributed by atoms with Crippen LogP contribution in [0.25, 0.3) is 0 Å². The zero-order valence-corrected chi connectivity index (χ0v) is 13.2. The van der Waals surface area contributed by atoms with E-state index in [1.807, 2.05) is 39.0 Å². The van der Waals surface area contributed by atoms with Crippen LogP contribution >= 0.6 is 11.6 Å². The van der Waals surface area contributed by atoms with E-state index in [9.17, 15) is 0 Å². The van der Waals surface area contributed by atoms with Gasteiger partial charge in [0.15, 0.2) is 0 Å². The monoisotopic (exact) mass is 294 g/mol. The molecule has 0 aliphatic carbocycles. The second-order valence-electron chi connectivity index (χ2n) is 5.77. The van der Waals surface area contributed by atoms with E-state index in [1.165, 1.54) is 0 Å². The van der Waals surface area contributed by atoms with E-state index in [4.69, 9.17) is 27.3 Å². The van der Waals surface area contributed by atoms with Crippen molar-refractivity contribution in [2.45, 2.75) is 46.1 Å². The van der Waals surface area contributed by atoms with Crippen molar-refractivity contribution < 1.29 is 4.74 Å². The van der Waals surface area contributed by atoms with Gasteiger partial charge in [-0.25, -0.2) is 0 Å². The fourth-order valence-electron chi connectivity index (χ4n) is 1.91. The van der Waals surface area contributed by atoms with Crippen LogP contribution in [0, 0.1) is 16.7 Å². The molecule has 0 aliphatic rings. The molecule has 110 valence electrons. The summed E-state index contributed by atoms with van der Waals surface area (Å²) in [7, 11) is 0. The molecule has 0 aliphatic heterocycles. The van der Waals surface area contributed by atoms with Gasteiger partial charge in [0.1, 0.15) is 5.75 Å². The Bertz CT molecular complexity index is 478. The van der Waals surface area contributed by atoms with Gasteiger partial charge in [-0.15, -0.1) is 0 Å².